The molecule has 0 aromatic heterocycles. The van der Waals surface area contributed by atoms with E-state index in [9.17, 15) is 4.21 Å². The second kappa shape index (κ2) is 11.8. The molecule has 8 nitrogen and oxygen atoms in total. The van der Waals surface area contributed by atoms with Crippen molar-refractivity contribution in [1.29, 1.82) is 0 Å². The van der Waals surface area contributed by atoms with Crippen LogP contribution < -0.4 is 20.7 Å². The summed E-state index contributed by atoms with van der Waals surface area (Å²) in [6.07, 6.45) is 0.791. The lowest BCUT2D eigenvalue weighted by Gasteiger charge is -2.27. The molecule has 3 N–H and O–H groups in total. The van der Waals surface area contributed by atoms with Crippen molar-refractivity contribution >= 4 is 22.8 Å². The lowest BCUT2D eigenvalue weighted by Crippen LogP contribution is -2.42. The molecule has 1 unspecified atom stereocenters. The van der Waals surface area contributed by atoms with Gasteiger partial charge in [0, 0.05) is 45.8 Å². The molecule has 4 rings (SSSR count). The molecule has 2 aromatic carbocycles. The number of rotatable bonds is 9. The van der Waals surface area contributed by atoms with Gasteiger partial charge in [0.1, 0.15) is 5.75 Å². The molecule has 1 fully saturated rings. The second-order valence-corrected chi connectivity index (χ2v) is 8.58. The summed E-state index contributed by atoms with van der Waals surface area (Å²) in [5, 5.41) is 9.81. The Labute approximate surface area is 191 Å². The topological polar surface area (TPSA) is 90.3 Å². The maximum Gasteiger partial charge on any atom is 0.269 e. The Balaban J connectivity index is 1.17. The number of ether oxygens (including phenoxy) is 1. The average Bonchev–Trinajstić information content (AvgIpc) is 3.18. The molecule has 1 atom stereocenters. The van der Waals surface area contributed by atoms with E-state index in [1.807, 2.05) is 36.4 Å². The Bertz CT molecular complexity index is 960. The monoisotopic (exact) mass is 454 g/mol. The van der Waals surface area contributed by atoms with Crippen molar-refractivity contribution in [1.82, 2.24) is 20.9 Å². The van der Waals surface area contributed by atoms with Gasteiger partial charge in [0.15, 0.2) is 11.7 Å². The molecule has 32 heavy (non-hydrogen) atoms. The lowest BCUT2D eigenvalue weighted by molar-refractivity contribution is 0.232. The van der Waals surface area contributed by atoms with Gasteiger partial charge in [-0.25, -0.2) is 4.21 Å². The maximum absolute atomic E-state index is 11.7. The maximum atomic E-state index is 11.7. The number of amidine groups is 2. The van der Waals surface area contributed by atoms with E-state index in [0.717, 1.165) is 50.5 Å². The van der Waals surface area contributed by atoms with E-state index in [1.165, 1.54) is 5.56 Å². The average molecular weight is 455 g/mol. The van der Waals surface area contributed by atoms with Crippen LogP contribution in [-0.2, 0) is 24.3 Å². The lowest BCUT2D eigenvalue weighted by atomic mass is 10.2. The predicted octanol–water partition coefficient (Wildman–Crippen LogP) is 1.63. The Morgan fingerprint density at radius 1 is 0.969 bits per heavy atom. The molecule has 9 heteroatoms. The highest BCUT2D eigenvalue weighted by Crippen LogP contribution is 2.15. The number of hydrogen-bond donors (Lipinski definition) is 3. The van der Waals surface area contributed by atoms with Crippen LogP contribution in [0.1, 0.15) is 17.5 Å². The van der Waals surface area contributed by atoms with E-state index in [2.05, 4.69) is 47.8 Å². The predicted molar refractivity (Wildman–Crippen MR) is 129 cm³/mol. The fourth-order valence-electron chi connectivity index (χ4n) is 3.61. The van der Waals surface area contributed by atoms with Crippen LogP contribution in [-0.4, -0.2) is 60.1 Å². The van der Waals surface area contributed by atoms with Crippen molar-refractivity contribution in [2.24, 2.45) is 8.80 Å². The van der Waals surface area contributed by atoms with Crippen molar-refractivity contribution in [3.8, 4) is 5.75 Å². The van der Waals surface area contributed by atoms with E-state index in [1.54, 1.807) is 0 Å². The number of nitrogens with zero attached hydrogens (tertiary/aromatic N) is 3. The fourth-order valence-corrected chi connectivity index (χ4v) is 4.26. The van der Waals surface area contributed by atoms with Crippen LogP contribution in [0.15, 0.2) is 63.4 Å². The molecule has 0 radical (unpaired) electrons. The normalized spacial score (nSPS) is 18.7. The molecule has 0 spiro atoms. The molecule has 2 aliphatic rings. The smallest absolute Gasteiger partial charge is 0.269 e. The largest absolute Gasteiger partial charge is 0.494 e. The van der Waals surface area contributed by atoms with Crippen molar-refractivity contribution in [3.05, 3.63) is 65.7 Å². The van der Waals surface area contributed by atoms with E-state index in [0.29, 0.717) is 31.4 Å². The summed E-state index contributed by atoms with van der Waals surface area (Å²) in [4.78, 5) is 2.46. The number of hydrogen-bond acceptors (Lipinski definition) is 6. The van der Waals surface area contributed by atoms with Gasteiger partial charge in [-0.3, -0.25) is 4.90 Å². The van der Waals surface area contributed by atoms with Gasteiger partial charge < -0.3 is 20.7 Å². The second-order valence-electron chi connectivity index (χ2n) is 7.75. The molecule has 0 saturated carbocycles. The van der Waals surface area contributed by atoms with Gasteiger partial charge in [0.05, 0.1) is 6.61 Å². The van der Waals surface area contributed by atoms with E-state index in [-0.39, 0.29) is 0 Å². The molecule has 0 amide bonds. The Hall–Kier alpha value is -2.75. The van der Waals surface area contributed by atoms with Crippen LogP contribution in [0.25, 0.3) is 0 Å². The summed E-state index contributed by atoms with van der Waals surface area (Å²) in [6, 6.07) is 18.3. The van der Waals surface area contributed by atoms with E-state index in [4.69, 9.17) is 4.74 Å². The highest BCUT2D eigenvalue weighted by atomic mass is 32.2. The highest BCUT2D eigenvalue weighted by molar-refractivity contribution is 7.83. The minimum absolute atomic E-state index is 0.536. The van der Waals surface area contributed by atoms with E-state index < -0.39 is 11.2 Å². The van der Waals surface area contributed by atoms with Crippen molar-refractivity contribution in [2.45, 2.75) is 19.5 Å². The van der Waals surface area contributed by atoms with E-state index >= 15 is 0 Å². The van der Waals surface area contributed by atoms with Gasteiger partial charge in [-0.05, 0) is 29.7 Å². The summed E-state index contributed by atoms with van der Waals surface area (Å²) < 4.78 is 25.8. The van der Waals surface area contributed by atoms with Gasteiger partial charge in [-0.2, -0.15) is 0 Å². The van der Waals surface area contributed by atoms with Crippen LogP contribution in [0.4, 0.5) is 0 Å². The zero-order valence-electron chi connectivity index (χ0n) is 18.1. The molecule has 0 bridgehead atoms. The van der Waals surface area contributed by atoms with Crippen molar-refractivity contribution in [3.63, 3.8) is 0 Å². The summed E-state index contributed by atoms with van der Waals surface area (Å²) in [5.41, 5.74) is 2.40. The molecule has 1 saturated heterocycles. The first-order valence-electron chi connectivity index (χ1n) is 11.0. The zero-order chi connectivity index (χ0) is 22.0. The standard InChI is InChI=1S/C23H30N6O2S/c30-32-27-22(23(28-32)26-17-19-6-2-1-3-7-19)25-10-5-15-31-21-9-4-8-20(16-21)18-29-13-11-24-12-14-29/h1-4,6-9,16,24H,5,10-15,17-18H2,(H,25,27)(H,26,28). The zero-order valence-corrected chi connectivity index (χ0v) is 18.9. The molecular formula is C23H30N6O2S. The molecular weight excluding hydrogens is 424 g/mol. The summed E-state index contributed by atoms with van der Waals surface area (Å²) in [6.45, 7) is 7.06. The Kier molecular flexibility index (Phi) is 8.24. The molecule has 0 aliphatic carbocycles. The number of benzene rings is 2. The fraction of sp³-hybridized carbons (Fsp3) is 0.391. The first kappa shape index (κ1) is 22.4. The highest BCUT2D eigenvalue weighted by Gasteiger charge is 2.18. The van der Waals surface area contributed by atoms with Crippen LogP contribution in [0.3, 0.4) is 0 Å². The third-order valence-electron chi connectivity index (χ3n) is 5.26. The Morgan fingerprint density at radius 3 is 2.53 bits per heavy atom. The third-order valence-corrected chi connectivity index (χ3v) is 5.94. The molecule has 170 valence electrons. The SMILES string of the molecule is O=S1N=C(NCCCOc2cccc(CN3CCNCC3)c2)C(NCc2ccccc2)=N1. The third kappa shape index (κ3) is 6.88. The summed E-state index contributed by atoms with van der Waals surface area (Å²) >= 11 is -1.57. The summed E-state index contributed by atoms with van der Waals surface area (Å²) in [7, 11) is 0. The number of nitrogens with one attached hydrogen (secondary N) is 3. The van der Waals surface area contributed by atoms with Crippen LogP contribution in [0.2, 0.25) is 0 Å². The van der Waals surface area contributed by atoms with Gasteiger partial charge in [-0.1, -0.05) is 42.5 Å². The minimum Gasteiger partial charge on any atom is -0.494 e. The Morgan fingerprint density at radius 2 is 1.72 bits per heavy atom. The molecule has 2 heterocycles. The van der Waals surface area contributed by atoms with Crippen LogP contribution >= 0.6 is 0 Å². The van der Waals surface area contributed by atoms with Gasteiger partial charge >= 0.3 is 0 Å². The summed E-state index contributed by atoms with van der Waals surface area (Å²) in [5.74, 6) is 1.97. The van der Waals surface area contributed by atoms with Gasteiger partial charge in [0.2, 0.25) is 0 Å². The van der Waals surface area contributed by atoms with Crippen molar-refractivity contribution < 1.29 is 8.95 Å². The van der Waals surface area contributed by atoms with Crippen molar-refractivity contribution in [2.75, 3.05) is 39.3 Å². The van der Waals surface area contributed by atoms with Gasteiger partial charge in [-0.15, -0.1) is 8.80 Å². The van der Waals surface area contributed by atoms with Crippen LogP contribution in [0.5, 0.6) is 5.75 Å². The first-order chi connectivity index (χ1) is 15.8. The van der Waals surface area contributed by atoms with Crippen LogP contribution in [0, 0.1) is 0 Å². The first-order valence-corrected chi connectivity index (χ1v) is 12.1. The van der Waals surface area contributed by atoms with Gasteiger partial charge in [0.25, 0.3) is 11.2 Å². The number of piperazine rings is 1. The minimum atomic E-state index is -1.57. The molecule has 2 aliphatic heterocycles. The molecule has 2 aromatic rings. The quantitative estimate of drug-likeness (QED) is 0.499.